The molecule has 0 saturated heterocycles. The molecule has 0 aliphatic carbocycles. The molecular formula is C21H21N3O5. The van der Waals surface area contributed by atoms with Gasteiger partial charge in [0.2, 0.25) is 0 Å². The van der Waals surface area contributed by atoms with Crippen LogP contribution in [0.15, 0.2) is 48.5 Å². The highest BCUT2D eigenvalue weighted by Gasteiger charge is 2.16. The Balaban J connectivity index is 1.85. The van der Waals surface area contributed by atoms with Crippen molar-refractivity contribution in [2.24, 2.45) is 0 Å². The molecule has 0 atom stereocenters. The molecule has 0 spiro atoms. The van der Waals surface area contributed by atoms with Gasteiger partial charge in [-0.3, -0.25) is 10.1 Å². The lowest BCUT2D eigenvalue weighted by atomic mass is 10.2. The van der Waals surface area contributed by atoms with Crippen LogP contribution in [0.5, 0.6) is 0 Å². The molecule has 2 N–H and O–H groups in total. The summed E-state index contributed by atoms with van der Waals surface area (Å²) in [6, 6.07) is 14.3. The standard InChI is InChI=1S/C21H21N3O5/c1-21(2,3)29-20(27)24-16-9-7-15(8-10-16)19(26)28-13-18(25)23-17-6-4-5-14(11-17)12-22/h4-11H,13H2,1-3H3,(H,23,25)(H,24,27). The van der Waals surface area contributed by atoms with E-state index < -0.39 is 30.2 Å². The molecule has 2 amide bonds. The molecule has 8 heteroatoms. The average Bonchev–Trinajstić information content (AvgIpc) is 2.65. The number of benzene rings is 2. The summed E-state index contributed by atoms with van der Waals surface area (Å²) in [5.41, 5.74) is 0.886. The number of nitriles is 1. The van der Waals surface area contributed by atoms with E-state index in [4.69, 9.17) is 14.7 Å². The maximum Gasteiger partial charge on any atom is 0.412 e. The number of amides is 2. The van der Waals surface area contributed by atoms with Crippen LogP contribution in [0.2, 0.25) is 0 Å². The Hall–Kier alpha value is -3.86. The lowest BCUT2D eigenvalue weighted by Gasteiger charge is -2.19. The van der Waals surface area contributed by atoms with E-state index in [0.29, 0.717) is 16.9 Å². The minimum absolute atomic E-state index is 0.221. The van der Waals surface area contributed by atoms with Crippen molar-refractivity contribution in [3.63, 3.8) is 0 Å². The maximum atomic E-state index is 12.1. The molecule has 2 aromatic rings. The Kier molecular flexibility index (Phi) is 6.93. The van der Waals surface area contributed by atoms with Gasteiger partial charge in [-0.1, -0.05) is 6.07 Å². The van der Waals surface area contributed by atoms with Gasteiger partial charge in [0.05, 0.1) is 17.2 Å². The molecule has 2 rings (SSSR count). The number of anilines is 2. The van der Waals surface area contributed by atoms with E-state index in [1.165, 1.54) is 30.3 Å². The van der Waals surface area contributed by atoms with Crippen molar-refractivity contribution in [2.75, 3.05) is 17.2 Å². The van der Waals surface area contributed by atoms with Gasteiger partial charge in [0.25, 0.3) is 5.91 Å². The van der Waals surface area contributed by atoms with Crippen LogP contribution in [0.1, 0.15) is 36.7 Å². The van der Waals surface area contributed by atoms with Crippen molar-refractivity contribution in [2.45, 2.75) is 26.4 Å². The first kappa shape index (κ1) is 21.4. The summed E-state index contributed by atoms with van der Waals surface area (Å²) >= 11 is 0. The summed E-state index contributed by atoms with van der Waals surface area (Å²) in [7, 11) is 0. The fraction of sp³-hybridized carbons (Fsp3) is 0.238. The summed E-state index contributed by atoms with van der Waals surface area (Å²) in [5, 5.41) is 13.9. The van der Waals surface area contributed by atoms with Gasteiger partial charge in [-0.15, -0.1) is 0 Å². The first-order valence-corrected chi connectivity index (χ1v) is 8.73. The number of rotatable bonds is 5. The molecule has 0 fully saturated rings. The van der Waals surface area contributed by atoms with Gasteiger partial charge in [0.15, 0.2) is 6.61 Å². The van der Waals surface area contributed by atoms with E-state index in [0.717, 1.165) is 0 Å². The minimum atomic E-state index is -0.685. The Morgan fingerprint density at radius 2 is 1.69 bits per heavy atom. The zero-order chi connectivity index (χ0) is 21.4. The number of ether oxygens (including phenoxy) is 2. The van der Waals surface area contributed by atoms with Crippen LogP contribution >= 0.6 is 0 Å². The second-order valence-electron chi connectivity index (χ2n) is 7.02. The highest BCUT2D eigenvalue weighted by molar-refractivity contribution is 5.96. The molecule has 0 bridgehead atoms. The van der Waals surface area contributed by atoms with Crippen LogP contribution < -0.4 is 10.6 Å². The smallest absolute Gasteiger partial charge is 0.412 e. The molecule has 0 heterocycles. The van der Waals surface area contributed by atoms with E-state index in [1.807, 2.05) is 6.07 Å². The van der Waals surface area contributed by atoms with Crippen molar-refractivity contribution >= 4 is 29.3 Å². The number of hydrogen-bond acceptors (Lipinski definition) is 6. The van der Waals surface area contributed by atoms with E-state index in [-0.39, 0.29) is 5.56 Å². The fourth-order valence-corrected chi connectivity index (χ4v) is 2.19. The van der Waals surface area contributed by atoms with E-state index in [9.17, 15) is 14.4 Å². The lowest BCUT2D eigenvalue weighted by molar-refractivity contribution is -0.119. The largest absolute Gasteiger partial charge is 0.452 e. The molecule has 0 aliphatic heterocycles. The highest BCUT2D eigenvalue weighted by Crippen LogP contribution is 2.14. The Morgan fingerprint density at radius 1 is 1.00 bits per heavy atom. The van der Waals surface area contributed by atoms with Crippen molar-refractivity contribution in [1.82, 2.24) is 0 Å². The number of hydrogen-bond donors (Lipinski definition) is 2. The second-order valence-corrected chi connectivity index (χ2v) is 7.02. The number of nitrogens with zero attached hydrogens (tertiary/aromatic N) is 1. The average molecular weight is 395 g/mol. The van der Waals surface area contributed by atoms with Gasteiger partial charge >= 0.3 is 12.1 Å². The van der Waals surface area contributed by atoms with Crippen LogP contribution in [-0.2, 0) is 14.3 Å². The van der Waals surface area contributed by atoms with Crippen molar-refractivity contribution in [3.05, 3.63) is 59.7 Å². The van der Waals surface area contributed by atoms with Crippen LogP contribution in [0.4, 0.5) is 16.2 Å². The first-order chi connectivity index (χ1) is 13.7. The molecule has 2 aromatic carbocycles. The second kappa shape index (κ2) is 9.37. The predicted octanol–water partition coefficient (Wildman–Crippen LogP) is 3.70. The van der Waals surface area contributed by atoms with Gasteiger partial charge in [0, 0.05) is 11.4 Å². The normalized spacial score (nSPS) is 10.4. The van der Waals surface area contributed by atoms with Crippen LogP contribution in [0, 0.1) is 11.3 Å². The molecule has 0 aliphatic rings. The van der Waals surface area contributed by atoms with Crippen LogP contribution in [0.3, 0.4) is 0 Å². The van der Waals surface area contributed by atoms with Gasteiger partial charge in [-0.2, -0.15) is 5.26 Å². The zero-order valence-corrected chi connectivity index (χ0v) is 16.3. The summed E-state index contributed by atoms with van der Waals surface area (Å²) in [5.74, 6) is -1.22. The van der Waals surface area contributed by atoms with E-state index >= 15 is 0 Å². The Labute approximate surface area is 168 Å². The van der Waals surface area contributed by atoms with Gasteiger partial charge < -0.3 is 14.8 Å². The molecule has 0 radical (unpaired) electrons. The summed E-state index contributed by atoms with van der Waals surface area (Å²) in [6.45, 7) is 4.78. The van der Waals surface area contributed by atoms with Crippen molar-refractivity contribution in [3.8, 4) is 6.07 Å². The van der Waals surface area contributed by atoms with Gasteiger partial charge in [-0.25, -0.2) is 9.59 Å². The van der Waals surface area contributed by atoms with E-state index in [2.05, 4.69) is 10.6 Å². The monoisotopic (exact) mass is 395 g/mol. The first-order valence-electron chi connectivity index (χ1n) is 8.73. The third-order valence-electron chi connectivity index (χ3n) is 3.38. The van der Waals surface area contributed by atoms with Crippen molar-refractivity contribution in [1.29, 1.82) is 5.26 Å². The number of esters is 1. The number of carbonyl (C=O) groups is 3. The third kappa shape index (κ3) is 7.34. The predicted molar refractivity (Wildman–Crippen MR) is 106 cm³/mol. The van der Waals surface area contributed by atoms with Crippen LogP contribution in [0.25, 0.3) is 0 Å². The molecular weight excluding hydrogens is 374 g/mol. The molecule has 0 aromatic heterocycles. The fourth-order valence-electron chi connectivity index (χ4n) is 2.19. The molecule has 8 nitrogen and oxygen atoms in total. The highest BCUT2D eigenvalue weighted by atomic mass is 16.6. The number of carbonyl (C=O) groups excluding carboxylic acids is 3. The number of nitrogens with one attached hydrogen (secondary N) is 2. The quantitative estimate of drug-likeness (QED) is 0.746. The van der Waals surface area contributed by atoms with Gasteiger partial charge in [0.1, 0.15) is 5.60 Å². The maximum absolute atomic E-state index is 12.1. The third-order valence-corrected chi connectivity index (χ3v) is 3.38. The summed E-state index contributed by atoms with van der Waals surface area (Å²) in [6.07, 6.45) is -0.607. The lowest BCUT2D eigenvalue weighted by Crippen LogP contribution is -2.27. The minimum Gasteiger partial charge on any atom is -0.452 e. The van der Waals surface area contributed by atoms with Crippen LogP contribution in [-0.4, -0.2) is 30.2 Å². The Morgan fingerprint density at radius 3 is 2.31 bits per heavy atom. The molecule has 0 unspecified atom stereocenters. The zero-order valence-electron chi connectivity index (χ0n) is 16.3. The molecule has 29 heavy (non-hydrogen) atoms. The van der Waals surface area contributed by atoms with E-state index in [1.54, 1.807) is 39.0 Å². The molecule has 150 valence electrons. The Bertz CT molecular complexity index is 940. The van der Waals surface area contributed by atoms with Crippen molar-refractivity contribution < 1.29 is 23.9 Å². The molecule has 0 saturated carbocycles. The topological polar surface area (TPSA) is 118 Å². The van der Waals surface area contributed by atoms with Gasteiger partial charge in [-0.05, 0) is 63.2 Å². The summed E-state index contributed by atoms with van der Waals surface area (Å²) < 4.78 is 10.1. The summed E-state index contributed by atoms with van der Waals surface area (Å²) in [4.78, 5) is 35.7. The SMILES string of the molecule is CC(C)(C)OC(=O)Nc1ccc(C(=O)OCC(=O)Nc2cccc(C#N)c2)cc1.